The maximum Gasteiger partial charge on any atom is 0.191 e. The van der Waals surface area contributed by atoms with E-state index >= 15 is 0 Å². The second-order valence-corrected chi connectivity index (χ2v) is 4.85. The highest BCUT2D eigenvalue weighted by Gasteiger charge is 2.02. The molecule has 0 aliphatic heterocycles. The SMILES string of the molecule is CN=C(NCc1cccs1)NCc1nccn1C. The van der Waals surface area contributed by atoms with Crippen LogP contribution in [0.1, 0.15) is 10.7 Å². The van der Waals surface area contributed by atoms with Gasteiger partial charge < -0.3 is 15.2 Å². The molecule has 2 heterocycles. The highest BCUT2D eigenvalue weighted by atomic mass is 32.1. The number of nitrogens with one attached hydrogen (secondary N) is 2. The fourth-order valence-corrected chi connectivity index (χ4v) is 2.18. The van der Waals surface area contributed by atoms with Crippen LogP contribution >= 0.6 is 11.3 Å². The summed E-state index contributed by atoms with van der Waals surface area (Å²) in [6, 6.07) is 4.15. The monoisotopic (exact) mass is 263 g/mol. The molecule has 0 aliphatic carbocycles. The molecule has 0 amide bonds. The number of aromatic nitrogens is 2. The zero-order valence-electron chi connectivity index (χ0n) is 10.6. The van der Waals surface area contributed by atoms with Crippen LogP contribution in [-0.4, -0.2) is 22.6 Å². The Morgan fingerprint density at radius 2 is 2.28 bits per heavy atom. The Kier molecular flexibility index (Phi) is 4.35. The van der Waals surface area contributed by atoms with Gasteiger partial charge in [0.2, 0.25) is 0 Å². The van der Waals surface area contributed by atoms with E-state index < -0.39 is 0 Å². The first-order valence-electron chi connectivity index (χ1n) is 5.72. The van der Waals surface area contributed by atoms with E-state index in [9.17, 15) is 0 Å². The zero-order valence-corrected chi connectivity index (χ0v) is 11.4. The number of aryl methyl sites for hydroxylation is 1. The van der Waals surface area contributed by atoms with Gasteiger partial charge in [0.25, 0.3) is 0 Å². The van der Waals surface area contributed by atoms with Crippen molar-refractivity contribution < 1.29 is 0 Å². The predicted molar refractivity (Wildman–Crippen MR) is 74.6 cm³/mol. The summed E-state index contributed by atoms with van der Waals surface area (Å²) in [5, 5.41) is 8.57. The molecular formula is C12H17N5S. The standard InChI is InChI=1S/C12H17N5S/c1-13-12(15-8-10-4-3-7-18-10)16-9-11-14-5-6-17(11)2/h3-7H,8-9H2,1-2H3,(H2,13,15,16). The Morgan fingerprint density at radius 3 is 2.89 bits per heavy atom. The van der Waals surface area contributed by atoms with Crippen LogP contribution in [0, 0.1) is 0 Å². The number of aliphatic imine (C=N–C) groups is 1. The maximum atomic E-state index is 4.25. The molecule has 0 unspecified atom stereocenters. The molecule has 2 aromatic heterocycles. The molecule has 6 heteroatoms. The van der Waals surface area contributed by atoms with E-state index in [1.165, 1.54) is 4.88 Å². The molecule has 0 aliphatic rings. The van der Waals surface area contributed by atoms with Crippen molar-refractivity contribution in [3.05, 3.63) is 40.6 Å². The largest absolute Gasteiger partial charge is 0.352 e. The van der Waals surface area contributed by atoms with Crippen molar-refractivity contribution in [3.8, 4) is 0 Å². The molecule has 2 rings (SSSR count). The number of guanidine groups is 1. The van der Waals surface area contributed by atoms with Crippen LogP contribution in [0.3, 0.4) is 0 Å². The lowest BCUT2D eigenvalue weighted by Crippen LogP contribution is -2.36. The Balaban J connectivity index is 1.81. The van der Waals surface area contributed by atoms with Crippen LogP contribution in [0.2, 0.25) is 0 Å². The normalized spacial score (nSPS) is 11.6. The fourth-order valence-electron chi connectivity index (χ4n) is 1.53. The minimum Gasteiger partial charge on any atom is -0.352 e. The molecule has 0 spiro atoms. The molecule has 0 aromatic carbocycles. The average molecular weight is 263 g/mol. The number of rotatable bonds is 4. The fraction of sp³-hybridized carbons (Fsp3) is 0.333. The summed E-state index contributed by atoms with van der Waals surface area (Å²) in [6.45, 7) is 1.45. The molecule has 0 saturated carbocycles. The van der Waals surface area contributed by atoms with Gasteiger partial charge in [-0.3, -0.25) is 4.99 Å². The number of nitrogens with zero attached hydrogens (tertiary/aromatic N) is 3. The van der Waals surface area contributed by atoms with Crippen molar-refractivity contribution in [2.24, 2.45) is 12.0 Å². The van der Waals surface area contributed by atoms with Crippen molar-refractivity contribution in [1.82, 2.24) is 20.2 Å². The highest BCUT2D eigenvalue weighted by molar-refractivity contribution is 7.09. The summed E-state index contributed by atoms with van der Waals surface area (Å²) < 4.78 is 1.99. The van der Waals surface area contributed by atoms with Gasteiger partial charge in [0.05, 0.1) is 13.1 Å². The van der Waals surface area contributed by atoms with Crippen LogP contribution in [0.15, 0.2) is 34.9 Å². The van der Waals surface area contributed by atoms with Gasteiger partial charge >= 0.3 is 0 Å². The summed E-state index contributed by atoms with van der Waals surface area (Å²) in [4.78, 5) is 9.72. The third-order valence-corrected chi connectivity index (χ3v) is 3.45. The topological polar surface area (TPSA) is 54.2 Å². The van der Waals surface area contributed by atoms with Crippen molar-refractivity contribution in [1.29, 1.82) is 0 Å². The summed E-state index contributed by atoms with van der Waals surface area (Å²) in [5.74, 6) is 1.76. The molecule has 0 bridgehead atoms. The summed E-state index contributed by atoms with van der Waals surface area (Å²) >= 11 is 1.73. The molecule has 5 nitrogen and oxygen atoms in total. The van der Waals surface area contributed by atoms with Gasteiger partial charge in [-0.05, 0) is 11.4 Å². The lowest BCUT2D eigenvalue weighted by molar-refractivity contribution is 0.728. The van der Waals surface area contributed by atoms with E-state index in [-0.39, 0.29) is 0 Å². The van der Waals surface area contributed by atoms with Crippen LogP contribution in [0.4, 0.5) is 0 Å². The Labute approximate surface area is 111 Å². The highest BCUT2D eigenvalue weighted by Crippen LogP contribution is 2.07. The molecule has 0 radical (unpaired) electrons. The van der Waals surface area contributed by atoms with Gasteiger partial charge in [0.1, 0.15) is 5.82 Å². The second-order valence-electron chi connectivity index (χ2n) is 3.81. The molecule has 96 valence electrons. The van der Waals surface area contributed by atoms with E-state index in [0.29, 0.717) is 6.54 Å². The summed E-state index contributed by atoms with van der Waals surface area (Å²) in [6.07, 6.45) is 3.72. The van der Waals surface area contributed by atoms with E-state index in [4.69, 9.17) is 0 Å². The molecule has 0 atom stereocenters. The molecule has 2 N–H and O–H groups in total. The number of thiophene rings is 1. The minimum atomic E-state index is 0.660. The number of imidazole rings is 1. The number of hydrogen-bond acceptors (Lipinski definition) is 3. The quantitative estimate of drug-likeness (QED) is 0.646. The smallest absolute Gasteiger partial charge is 0.191 e. The molecule has 2 aromatic rings. The molecule has 0 saturated heterocycles. The molecule has 0 fully saturated rings. The first-order valence-corrected chi connectivity index (χ1v) is 6.60. The van der Waals surface area contributed by atoms with Crippen molar-refractivity contribution in [2.75, 3.05) is 7.05 Å². The van der Waals surface area contributed by atoms with Gasteiger partial charge in [-0.2, -0.15) is 0 Å². The Hall–Kier alpha value is -1.82. The van der Waals surface area contributed by atoms with Gasteiger partial charge in [0.15, 0.2) is 5.96 Å². The van der Waals surface area contributed by atoms with Crippen molar-refractivity contribution in [2.45, 2.75) is 13.1 Å². The van der Waals surface area contributed by atoms with Gasteiger partial charge in [-0.25, -0.2) is 4.98 Å². The lowest BCUT2D eigenvalue weighted by atomic mass is 10.4. The third kappa shape index (κ3) is 3.33. The van der Waals surface area contributed by atoms with Crippen LogP contribution < -0.4 is 10.6 Å². The van der Waals surface area contributed by atoms with E-state index in [1.54, 1.807) is 24.6 Å². The van der Waals surface area contributed by atoms with E-state index in [2.05, 4.69) is 32.1 Å². The Morgan fingerprint density at radius 1 is 1.44 bits per heavy atom. The maximum absolute atomic E-state index is 4.25. The third-order valence-electron chi connectivity index (χ3n) is 2.57. The van der Waals surface area contributed by atoms with Gasteiger partial charge in [-0.1, -0.05) is 6.07 Å². The first kappa shape index (κ1) is 12.6. The average Bonchev–Trinajstić information content (AvgIpc) is 3.01. The first-order chi connectivity index (χ1) is 8.79. The van der Waals surface area contributed by atoms with Crippen molar-refractivity contribution in [3.63, 3.8) is 0 Å². The Bertz CT molecular complexity index is 500. The minimum absolute atomic E-state index is 0.660. The summed E-state index contributed by atoms with van der Waals surface area (Å²) in [7, 11) is 3.74. The number of hydrogen-bond donors (Lipinski definition) is 2. The molecule has 18 heavy (non-hydrogen) atoms. The molecular weight excluding hydrogens is 246 g/mol. The lowest BCUT2D eigenvalue weighted by Gasteiger charge is -2.10. The van der Waals surface area contributed by atoms with Gasteiger partial charge in [-0.15, -0.1) is 11.3 Å². The van der Waals surface area contributed by atoms with Crippen LogP contribution in [0.25, 0.3) is 0 Å². The summed E-state index contributed by atoms with van der Waals surface area (Å²) in [5.41, 5.74) is 0. The predicted octanol–water partition coefficient (Wildman–Crippen LogP) is 1.35. The van der Waals surface area contributed by atoms with Crippen molar-refractivity contribution >= 4 is 17.3 Å². The van der Waals surface area contributed by atoms with E-state index in [1.807, 2.05) is 23.9 Å². The van der Waals surface area contributed by atoms with E-state index in [0.717, 1.165) is 18.3 Å². The van der Waals surface area contributed by atoms with Gasteiger partial charge in [0, 0.05) is 31.4 Å². The second kappa shape index (κ2) is 6.20. The van der Waals surface area contributed by atoms with Crippen LogP contribution in [0.5, 0.6) is 0 Å². The van der Waals surface area contributed by atoms with Crippen LogP contribution in [-0.2, 0) is 20.1 Å². The zero-order chi connectivity index (χ0) is 12.8.